The standard InChI is InChI=1S/C79H52N2/c1-3-19-53(20-4-1)58-21-17-23-62(49-58)79(72-32-12-7-28-66(72)67-29-8-13-33-73(67)79)63-24-18-22-59(50-63)56-39-37-54(38-40-56)55-41-43-57(44-42-55)65-27-9-14-34-74(65)81-76-36-16-11-31-69(76)71-52-61(46-48-78(71)81)60-45-47-77-70(51-60)68-30-10-15-35-75(68)80(77)64-25-5-2-6-26-64/h1-52H. The molecule has 0 N–H and O–H groups in total. The molecule has 16 rings (SSSR count). The highest BCUT2D eigenvalue weighted by Gasteiger charge is 2.46. The van der Waals surface area contributed by atoms with Gasteiger partial charge in [-0.15, -0.1) is 0 Å². The van der Waals surface area contributed by atoms with Crippen molar-refractivity contribution in [2.75, 3.05) is 0 Å². The van der Waals surface area contributed by atoms with E-state index in [1.54, 1.807) is 0 Å². The largest absolute Gasteiger partial charge is 0.309 e. The van der Waals surface area contributed by atoms with Crippen LogP contribution in [0.1, 0.15) is 22.3 Å². The third-order valence-corrected chi connectivity index (χ3v) is 17.2. The summed E-state index contributed by atoms with van der Waals surface area (Å²) in [5, 5.41) is 4.97. The van der Waals surface area contributed by atoms with E-state index < -0.39 is 5.41 Å². The van der Waals surface area contributed by atoms with Crippen molar-refractivity contribution in [2.24, 2.45) is 0 Å². The molecule has 0 bridgehead atoms. The predicted octanol–water partition coefficient (Wildman–Crippen LogP) is 20.6. The van der Waals surface area contributed by atoms with Gasteiger partial charge in [-0.25, -0.2) is 0 Å². The monoisotopic (exact) mass is 1030 g/mol. The molecule has 1 aliphatic rings. The van der Waals surface area contributed by atoms with E-state index >= 15 is 0 Å². The zero-order chi connectivity index (χ0) is 53.4. The lowest BCUT2D eigenvalue weighted by molar-refractivity contribution is 0.769. The second kappa shape index (κ2) is 18.8. The average molecular weight is 1030 g/mol. The van der Waals surface area contributed by atoms with Crippen LogP contribution in [0.15, 0.2) is 315 Å². The molecule has 2 heteroatoms. The molecule has 0 unspecified atom stereocenters. The molecule has 2 aromatic heterocycles. The van der Waals surface area contributed by atoms with E-state index in [1.165, 1.54) is 138 Å². The topological polar surface area (TPSA) is 9.86 Å². The van der Waals surface area contributed by atoms with Crippen LogP contribution in [0.5, 0.6) is 0 Å². The van der Waals surface area contributed by atoms with Gasteiger partial charge < -0.3 is 9.13 Å². The van der Waals surface area contributed by atoms with Crippen LogP contribution in [0, 0.1) is 0 Å². The molecule has 0 aliphatic heterocycles. The summed E-state index contributed by atoms with van der Waals surface area (Å²) in [6.45, 7) is 0. The van der Waals surface area contributed by atoms with E-state index in [0.717, 1.165) is 5.69 Å². The lowest BCUT2D eigenvalue weighted by Gasteiger charge is -2.34. The molecule has 0 saturated heterocycles. The van der Waals surface area contributed by atoms with E-state index in [9.17, 15) is 0 Å². The van der Waals surface area contributed by atoms with Crippen molar-refractivity contribution in [3.63, 3.8) is 0 Å². The summed E-state index contributed by atoms with van der Waals surface area (Å²) in [4.78, 5) is 0. The van der Waals surface area contributed by atoms with Gasteiger partial charge >= 0.3 is 0 Å². The van der Waals surface area contributed by atoms with Crippen molar-refractivity contribution in [2.45, 2.75) is 5.41 Å². The number of nitrogens with zero attached hydrogens (tertiary/aromatic N) is 2. The van der Waals surface area contributed by atoms with E-state index in [4.69, 9.17) is 0 Å². The third kappa shape index (κ3) is 7.42. The molecule has 1 aliphatic carbocycles. The summed E-state index contributed by atoms with van der Waals surface area (Å²) >= 11 is 0. The first-order chi connectivity index (χ1) is 40.2. The zero-order valence-electron chi connectivity index (χ0n) is 44.4. The fraction of sp³-hybridized carbons (Fsp3) is 0.0127. The Labute approximate surface area is 471 Å². The van der Waals surface area contributed by atoms with E-state index in [1.807, 2.05) is 0 Å². The second-order valence-corrected chi connectivity index (χ2v) is 21.5. The van der Waals surface area contributed by atoms with Crippen LogP contribution >= 0.6 is 0 Å². The number of aromatic nitrogens is 2. The molecule has 0 spiro atoms. The molecule has 2 heterocycles. The predicted molar refractivity (Wildman–Crippen MR) is 340 cm³/mol. The van der Waals surface area contributed by atoms with Crippen LogP contribution in [0.2, 0.25) is 0 Å². The summed E-state index contributed by atoms with van der Waals surface area (Å²) in [5.41, 5.74) is 26.2. The normalized spacial score (nSPS) is 12.5. The lowest BCUT2D eigenvalue weighted by Crippen LogP contribution is -2.28. The van der Waals surface area contributed by atoms with Gasteiger partial charge in [0.15, 0.2) is 0 Å². The van der Waals surface area contributed by atoms with Gasteiger partial charge in [0.25, 0.3) is 0 Å². The van der Waals surface area contributed by atoms with E-state index in [2.05, 4.69) is 325 Å². The Morgan fingerprint density at radius 3 is 1.15 bits per heavy atom. The van der Waals surface area contributed by atoms with Crippen LogP contribution in [-0.2, 0) is 5.41 Å². The van der Waals surface area contributed by atoms with Gasteiger partial charge in [0.2, 0.25) is 0 Å². The molecule has 378 valence electrons. The first-order valence-corrected chi connectivity index (χ1v) is 28.1. The number of fused-ring (bicyclic) bond motifs is 9. The highest BCUT2D eigenvalue weighted by atomic mass is 15.0. The van der Waals surface area contributed by atoms with Crippen molar-refractivity contribution in [3.8, 4) is 78.1 Å². The van der Waals surface area contributed by atoms with Gasteiger partial charge in [-0.3, -0.25) is 0 Å². The van der Waals surface area contributed by atoms with Gasteiger partial charge in [0, 0.05) is 32.8 Å². The Morgan fingerprint density at radius 1 is 0.210 bits per heavy atom. The molecule has 13 aromatic carbocycles. The van der Waals surface area contributed by atoms with Gasteiger partial charge in [-0.2, -0.15) is 0 Å². The van der Waals surface area contributed by atoms with Crippen molar-refractivity contribution in [1.29, 1.82) is 0 Å². The Hall–Kier alpha value is -10.5. The summed E-state index contributed by atoms with van der Waals surface area (Å²) in [7, 11) is 0. The van der Waals surface area contributed by atoms with Crippen LogP contribution < -0.4 is 0 Å². The Bertz CT molecular complexity index is 4860. The van der Waals surface area contributed by atoms with E-state index in [0.29, 0.717) is 0 Å². The number of hydrogen-bond acceptors (Lipinski definition) is 0. The Kier molecular flexibility index (Phi) is 10.8. The molecule has 0 amide bonds. The van der Waals surface area contributed by atoms with Crippen LogP contribution in [0.3, 0.4) is 0 Å². The minimum Gasteiger partial charge on any atom is -0.309 e. The molecule has 0 atom stereocenters. The van der Waals surface area contributed by atoms with Gasteiger partial charge in [0.05, 0.1) is 33.2 Å². The minimum atomic E-state index is -0.510. The molecular formula is C79H52N2. The lowest BCUT2D eigenvalue weighted by atomic mass is 9.67. The molecule has 0 fully saturated rings. The molecule has 81 heavy (non-hydrogen) atoms. The fourth-order valence-corrected chi connectivity index (χ4v) is 13.5. The third-order valence-electron chi connectivity index (χ3n) is 17.2. The van der Waals surface area contributed by atoms with E-state index in [-0.39, 0.29) is 0 Å². The van der Waals surface area contributed by atoms with Gasteiger partial charge in [-0.1, -0.05) is 249 Å². The number of hydrogen-bond donors (Lipinski definition) is 0. The fourth-order valence-electron chi connectivity index (χ4n) is 13.5. The van der Waals surface area contributed by atoms with Crippen molar-refractivity contribution in [3.05, 3.63) is 338 Å². The number of rotatable bonds is 9. The molecule has 15 aromatic rings. The molecule has 0 radical (unpaired) electrons. The van der Waals surface area contributed by atoms with Gasteiger partial charge in [-0.05, 0) is 150 Å². The summed E-state index contributed by atoms with van der Waals surface area (Å²) in [6, 6.07) is 117. The Balaban J connectivity index is 0.727. The SMILES string of the molecule is c1ccc(-c2cccc(C3(c4cccc(-c5ccc(-c6ccc(-c7ccccc7-n7c8ccccc8c8cc(-c9ccc%10c(c9)c9ccccc9n%10-c9ccccc9)ccc87)cc6)cc5)c4)c4ccccc4-c4ccccc43)c2)cc1. The summed E-state index contributed by atoms with van der Waals surface area (Å²) < 4.78 is 4.83. The van der Waals surface area contributed by atoms with Gasteiger partial charge in [0.1, 0.15) is 0 Å². The first kappa shape index (κ1) is 46.5. The second-order valence-electron chi connectivity index (χ2n) is 21.5. The number of benzene rings is 13. The maximum atomic E-state index is 2.45. The Morgan fingerprint density at radius 2 is 0.580 bits per heavy atom. The van der Waals surface area contributed by atoms with Crippen LogP contribution in [0.4, 0.5) is 0 Å². The van der Waals surface area contributed by atoms with Crippen LogP contribution in [0.25, 0.3) is 122 Å². The quantitative estimate of drug-likeness (QED) is 0.136. The average Bonchev–Trinajstić information content (AvgIpc) is 4.23. The number of para-hydroxylation sites is 4. The zero-order valence-corrected chi connectivity index (χ0v) is 44.4. The molecule has 0 saturated carbocycles. The molecular weight excluding hydrogens is 977 g/mol. The maximum absolute atomic E-state index is 2.45. The highest BCUT2D eigenvalue weighted by molar-refractivity contribution is 6.13. The minimum absolute atomic E-state index is 0.510. The van der Waals surface area contributed by atoms with Crippen LogP contribution in [-0.4, -0.2) is 9.13 Å². The van der Waals surface area contributed by atoms with Crippen molar-refractivity contribution in [1.82, 2.24) is 9.13 Å². The smallest absolute Gasteiger partial charge is 0.0713 e. The summed E-state index contributed by atoms with van der Waals surface area (Å²) in [5.74, 6) is 0. The first-order valence-electron chi connectivity index (χ1n) is 28.1. The van der Waals surface area contributed by atoms with Crippen molar-refractivity contribution < 1.29 is 0 Å². The molecule has 2 nitrogen and oxygen atoms in total. The van der Waals surface area contributed by atoms with Crippen molar-refractivity contribution >= 4 is 43.6 Å². The summed E-state index contributed by atoms with van der Waals surface area (Å²) in [6.07, 6.45) is 0. The highest BCUT2D eigenvalue weighted by Crippen LogP contribution is 2.57. The maximum Gasteiger partial charge on any atom is 0.0713 e.